The number of aromatic nitrogens is 1. The van der Waals surface area contributed by atoms with E-state index in [1.54, 1.807) is 18.3 Å². The molecule has 0 saturated carbocycles. The van der Waals surface area contributed by atoms with Gasteiger partial charge in [-0.3, -0.25) is 4.79 Å². The van der Waals surface area contributed by atoms with Crippen LogP contribution in [0.25, 0.3) is 0 Å². The van der Waals surface area contributed by atoms with Crippen LogP contribution in [-0.2, 0) is 4.79 Å². The second kappa shape index (κ2) is 4.82. The quantitative estimate of drug-likeness (QED) is 0.711. The second-order valence-electron chi connectivity index (χ2n) is 2.65. The summed E-state index contributed by atoms with van der Waals surface area (Å²) in [5.74, 6) is 0.100. The molecule has 0 unspecified atom stereocenters. The first-order chi connectivity index (χ1) is 6.74. The maximum Gasteiger partial charge on any atom is 0.219 e. The molecule has 0 aliphatic heterocycles. The molecule has 0 aliphatic rings. The van der Waals surface area contributed by atoms with Crippen LogP contribution in [0.2, 0.25) is 0 Å². The van der Waals surface area contributed by atoms with Gasteiger partial charge < -0.3 is 11.1 Å². The van der Waals surface area contributed by atoms with E-state index in [4.69, 9.17) is 11.0 Å². The number of carbonyl (C=O) groups excluding carboxylic acids is 1. The molecule has 1 heterocycles. The molecule has 14 heavy (non-hydrogen) atoms. The van der Waals surface area contributed by atoms with Crippen molar-refractivity contribution in [1.82, 2.24) is 4.98 Å². The molecular weight excluding hydrogens is 180 g/mol. The Bertz CT molecular complexity index is 369. The van der Waals surface area contributed by atoms with Crippen molar-refractivity contribution < 1.29 is 4.79 Å². The van der Waals surface area contributed by atoms with E-state index in [2.05, 4.69) is 10.3 Å². The Morgan fingerprint density at radius 3 is 3.14 bits per heavy atom. The molecule has 5 nitrogen and oxygen atoms in total. The van der Waals surface area contributed by atoms with Gasteiger partial charge in [0, 0.05) is 19.2 Å². The number of pyridine rings is 1. The van der Waals surface area contributed by atoms with Gasteiger partial charge in [-0.1, -0.05) is 0 Å². The molecule has 1 aromatic rings. The summed E-state index contributed by atoms with van der Waals surface area (Å²) in [4.78, 5) is 14.4. The van der Waals surface area contributed by atoms with Crippen molar-refractivity contribution in [3.05, 3.63) is 23.9 Å². The average Bonchev–Trinajstić information content (AvgIpc) is 2.18. The lowest BCUT2D eigenvalue weighted by Crippen LogP contribution is -2.16. The predicted molar refractivity (Wildman–Crippen MR) is 51.3 cm³/mol. The molecule has 0 bridgehead atoms. The minimum Gasteiger partial charge on any atom is -0.370 e. The zero-order chi connectivity index (χ0) is 10.4. The number of nitrogens with one attached hydrogen (secondary N) is 1. The van der Waals surface area contributed by atoms with Crippen LogP contribution in [0.15, 0.2) is 18.3 Å². The molecule has 0 atom stereocenters. The van der Waals surface area contributed by atoms with Crippen molar-refractivity contribution in [3.63, 3.8) is 0 Å². The van der Waals surface area contributed by atoms with Crippen LogP contribution < -0.4 is 11.1 Å². The van der Waals surface area contributed by atoms with Crippen LogP contribution >= 0.6 is 0 Å². The summed E-state index contributed by atoms with van der Waals surface area (Å²) >= 11 is 0. The maximum absolute atomic E-state index is 10.4. The third-order valence-corrected chi connectivity index (χ3v) is 1.59. The van der Waals surface area contributed by atoms with E-state index in [0.29, 0.717) is 17.9 Å². The Hall–Kier alpha value is -2.09. The smallest absolute Gasteiger partial charge is 0.219 e. The van der Waals surface area contributed by atoms with Crippen LogP contribution in [0.1, 0.15) is 12.0 Å². The number of rotatable bonds is 4. The van der Waals surface area contributed by atoms with Gasteiger partial charge in [-0.25, -0.2) is 4.98 Å². The Balaban J connectivity index is 2.59. The summed E-state index contributed by atoms with van der Waals surface area (Å²) in [5.41, 5.74) is 5.42. The molecule has 0 spiro atoms. The number of anilines is 1. The maximum atomic E-state index is 10.4. The number of amides is 1. The monoisotopic (exact) mass is 190 g/mol. The minimum atomic E-state index is -0.382. The third-order valence-electron chi connectivity index (χ3n) is 1.59. The van der Waals surface area contributed by atoms with Crippen LogP contribution in [0.5, 0.6) is 0 Å². The van der Waals surface area contributed by atoms with Crippen molar-refractivity contribution in [1.29, 1.82) is 5.26 Å². The van der Waals surface area contributed by atoms with E-state index in [1.165, 1.54) is 0 Å². The Morgan fingerprint density at radius 2 is 2.50 bits per heavy atom. The van der Waals surface area contributed by atoms with Gasteiger partial charge in [0.25, 0.3) is 0 Å². The van der Waals surface area contributed by atoms with Crippen molar-refractivity contribution >= 4 is 11.7 Å². The van der Waals surface area contributed by atoms with Crippen LogP contribution in [0.4, 0.5) is 5.82 Å². The first-order valence-electron chi connectivity index (χ1n) is 4.11. The summed E-state index contributed by atoms with van der Waals surface area (Å²) in [7, 11) is 0. The molecule has 0 radical (unpaired) electrons. The van der Waals surface area contributed by atoms with E-state index in [-0.39, 0.29) is 12.3 Å². The number of carbonyl (C=O) groups is 1. The van der Waals surface area contributed by atoms with Crippen molar-refractivity contribution in [2.24, 2.45) is 5.73 Å². The second-order valence-corrected chi connectivity index (χ2v) is 2.65. The van der Waals surface area contributed by atoms with Crippen molar-refractivity contribution in [3.8, 4) is 6.07 Å². The summed E-state index contributed by atoms with van der Waals surface area (Å²) in [5, 5.41) is 11.6. The average molecular weight is 190 g/mol. The third kappa shape index (κ3) is 2.75. The zero-order valence-corrected chi connectivity index (χ0v) is 7.53. The fourth-order valence-electron chi connectivity index (χ4n) is 0.940. The molecule has 3 N–H and O–H groups in total. The number of nitrogens with two attached hydrogens (primary N) is 1. The van der Waals surface area contributed by atoms with Crippen LogP contribution in [-0.4, -0.2) is 17.4 Å². The molecule has 5 heteroatoms. The van der Waals surface area contributed by atoms with Gasteiger partial charge in [0.05, 0.1) is 5.56 Å². The van der Waals surface area contributed by atoms with E-state index in [0.717, 1.165) is 0 Å². The first kappa shape index (κ1) is 9.99. The minimum absolute atomic E-state index is 0.224. The summed E-state index contributed by atoms with van der Waals surface area (Å²) in [6, 6.07) is 5.32. The molecule has 72 valence electrons. The van der Waals surface area contributed by atoms with Gasteiger partial charge in [-0.15, -0.1) is 0 Å². The fourth-order valence-corrected chi connectivity index (χ4v) is 0.940. The molecule has 1 amide bonds. The van der Waals surface area contributed by atoms with Gasteiger partial charge >= 0.3 is 0 Å². The molecule has 0 saturated heterocycles. The fraction of sp³-hybridized carbons (Fsp3) is 0.222. The van der Waals surface area contributed by atoms with E-state index < -0.39 is 0 Å². The summed E-state index contributed by atoms with van der Waals surface area (Å²) < 4.78 is 0. The lowest BCUT2D eigenvalue weighted by atomic mass is 10.3. The molecular formula is C9H10N4O. The number of nitrogens with zero attached hydrogens (tertiary/aromatic N) is 2. The van der Waals surface area contributed by atoms with Crippen molar-refractivity contribution in [2.45, 2.75) is 6.42 Å². The number of nitriles is 1. The highest BCUT2D eigenvalue weighted by molar-refractivity contribution is 5.74. The van der Waals surface area contributed by atoms with Crippen LogP contribution in [0, 0.1) is 11.3 Å². The van der Waals surface area contributed by atoms with E-state index in [9.17, 15) is 4.79 Å². The van der Waals surface area contributed by atoms with Gasteiger partial charge in [0.15, 0.2) is 0 Å². The Morgan fingerprint density at radius 1 is 1.71 bits per heavy atom. The lowest BCUT2D eigenvalue weighted by molar-refractivity contribution is -0.117. The van der Waals surface area contributed by atoms with Crippen molar-refractivity contribution in [2.75, 3.05) is 11.9 Å². The van der Waals surface area contributed by atoms with Gasteiger partial charge in [-0.2, -0.15) is 5.26 Å². The highest BCUT2D eigenvalue weighted by atomic mass is 16.1. The molecule has 0 fully saturated rings. The predicted octanol–water partition coefficient (Wildman–Crippen LogP) is 0.241. The van der Waals surface area contributed by atoms with Gasteiger partial charge in [0.1, 0.15) is 11.9 Å². The van der Waals surface area contributed by atoms with E-state index >= 15 is 0 Å². The molecule has 1 rings (SSSR count). The Kier molecular flexibility index (Phi) is 3.44. The van der Waals surface area contributed by atoms with Gasteiger partial charge in [-0.05, 0) is 12.1 Å². The summed E-state index contributed by atoms with van der Waals surface area (Å²) in [6.45, 7) is 0.390. The first-order valence-corrected chi connectivity index (χ1v) is 4.11. The largest absolute Gasteiger partial charge is 0.370 e. The highest BCUT2D eigenvalue weighted by Gasteiger charge is 2.01. The summed E-state index contributed by atoms with van der Waals surface area (Å²) in [6.07, 6.45) is 1.80. The molecule has 0 aromatic carbocycles. The topological polar surface area (TPSA) is 91.8 Å². The lowest BCUT2D eigenvalue weighted by Gasteiger charge is -2.04. The highest BCUT2D eigenvalue weighted by Crippen LogP contribution is 2.08. The van der Waals surface area contributed by atoms with E-state index in [1.807, 2.05) is 6.07 Å². The van der Waals surface area contributed by atoms with Crippen LogP contribution in [0.3, 0.4) is 0 Å². The normalized spacial score (nSPS) is 9.07. The zero-order valence-electron chi connectivity index (χ0n) is 7.53. The number of hydrogen-bond donors (Lipinski definition) is 2. The Labute approximate surface area is 81.6 Å². The van der Waals surface area contributed by atoms with Gasteiger partial charge in [0.2, 0.25) is 5.91 Å². The standard InChI is InChI=1S/C9H10N4O/c10-6-7-2-1-4-12-9(7)13-5-3-8(11)14/h1-2,4H,3,5H2,(H2,11,14)(H,12,13). The number of primary amides is 1. The number of hydrogen-bond acceptors (Lipinski definition) is 4. The molecule has 1 aromatic heterocycles. The molecule has 0 aliphatic carbocycles. The SMILES string of the molecule is N#Cc1cccnc1NCCC(N)=O.